The highest BCUT2D eigenvalue weighted by atomic mass is 35.5. The average Bonchev–Trinajstić information content (AvgIpc) is 3.18. The molecule has 0 saturated carbocycles. The van der Waals surface area contributed by atoms with E-state index in [0.717, 1.165) is 15.6 Å². The lowest BCUT2D eigenvalue weighted by molar-refractivity contribution is 0.0957. The molecule has 2 heterocycles. The van der Waals surface area contributed by atoms with E-state index in [1.165, 1.54) is 22.1 Å². The van der Waals surface area contributed by atoms with E-state index < -0.39 is 0 Å². The van der Waals surface area contributed by atoms with Gasteiger partial charge in [0.15, 0.2) is 0 Å². The molecule has 7 heteroatoms. The SMILES string of the molecule is C=CC(=O)n1nccc1-c1sc(COc2cccc(Cl)c2)nc1C. The molecule has 0 bridgehead atoms. The number of allylic oxidation sites excluding steroid dienone is 1. The Morgan fingerprint density at radius 2 is 2.29 bits per heavy atom. The Kier molecular flexibility index (Phi) is 4.78. The molecule has 0 spiro atoms. The molecule has 2 aromatic heterocycles. The molecule has 0 unspecified atom stereocenters. The van der Waals surface area contributed by atoms with Crippen molar-refractivity contribution in [2.45, 2.75) is 13.5 Å². The highest BCUT2D eigenvalue weighted by molar-refractivity contribution is 7.15. The summed E-state index contributed by atoms with van der Waals surface area (Å²) in [6.45, 7) is 5.72. The number of carbonyl (C=O) groups is 1. The maximum Gasteiger partial charge on any atom is 0.270 e. The van der Waals surface area contributed by atoms with Gasteiger partial charge in [-0.15, -0.1) is 11.3 Å². The fraction of sp³-hybridized carbons (Fsp3) is 0.118. The van der Waals surface area contributed by atoms with E-state index in [2.05, 4.69) is 16.7 Å². The second-order valence-corrected chi connectivity index (χ2v) is 6.46. The van der Waals surface area contributed by atoms with Gasteiger partial charge in [0.2, 0.25) is 0 Å². The van der Waals surface area contributed by atoms with Crippen LogP contribution in [0.4, 0.5) is 0 Å². The minimum absolute atomic E-state index is 0.278. The molecular formula is C17H14ClN3O2S. The molecular weight excluding hydrogens is 346 g/mol. The number of rotatable bonds is 5. The molecule has 1 aromatic carbocycles. The quantitative estimate of drug-likeness (QED) is 0.634. The molecule has 0 aliphatic rings. The van der Waals surface area contributed by atoms with Crippen LogP contribution in [-0.4, -0.2) is 20.7 Å². The van der Waals surface area contributed by atoms with Crippen LogP contribution >= 0.6 is 22.9 Å². The van der Waals surface area contributed by atoms with Gasteiger partial charge >= 0.3 is 0 Å². The average molecular weight is 360 g/mol. The van der Waals surface area contributed by atoms with Crippen molar-refractivity contribution in [3.05, 3.63) is 64.9 Å². The zero-order valence-corrected chi connectivity index (χ0v) is 14.5. The van der Waals surface area contributed by atoms with Crippen LogP contribution in [0.5, 0.6) is 5.75 Å². The van der Waals surface area contributed by atoms with Gasteiger partial charge in [-0.1, -0.05) is 24.2 Å². The normalized spacial score (nSPS) is 10.6. The molecule has 0 amide bonds. The molecule has 5 nitrogen and oxygen atoms in total. The lowest BCUT2D eigenvalue weighted by atomic mass is 10.3. The van der Waals surface area contributed by atoms with Crippen LogP contribution in [0.3, 0.4) is 0 Å². The molecule has 0 aliphatic carbocycles. The van der Waals surface area contributed by atoms with E-state index in [1.807, 2.05) is 19.1 Å². The summed E-state index contributed by atoms with van der Waals surface area (Å²) in [4.78, 5) is 17.3. The molecule has 24 heavy (non-hydrogen) atoms. The number of nitrogens with zero attached hydrogens (tertiary/aromatic N) is 3. The van der Waals surface area contributed by atoms with Crippen molar-refractivity contribution in [2.24, 2.45) is 0 Å². The fourth-order valence-corrected chi connectivity index (χ4v) is 3.36. The van der Waals surface area contributed by atoms with Crippen LogP contribution < -0.4 is 4.74 Å². The van der Waals surface area contributed by atoms with E-state index >= 15 is 0 Å². The number of hydrogen-bond donors (Lipinski definition) is 0. The Morgan fingerprint density at radius 3 is 3.04 bits per heavy atom. The summed E-state index contributed by atoms with van der Waals surface area (Å²) < 4.78 is 7.03. The van der Waals surface area contributed by atoms with Gasteiger partial charge in [0.1, 0.15) is 17.4 Å². The van der Waals surface area contributed by atoms with Crippen LogP contribution in [0.25, 0.3) is 10.6 Å². The molecule has 122 valence electrons. The first-order valence-corrected chi connectivity index (χ1v) is 8.34. The van der Waals surface area contributed by atoms with Gasteiger partial charge in [0.05, 0.1) is 22.5 Å². The van der Waals surface area contributed by atoms with Crippen LogP contribution in [-0.2, 0) is 6.61 Å². The van der Waals surface area contributed by atoms with E-state index in [4.69, 9.17) is 16.3 Å². The maximum absolute atomic E-state index is 11.9. The van der Waals surface area contributed by atoms with Crippen LogP contribution in [0, 0.1) is 6.92 Å². The largest absolute Gasteiger partial charge is 0.486 e. The summed E-state index contributed by atoms with van der Waals surface area (Å²) in [5.74, 6) is 0.406. The summed E-state index contributed by atoms with van der Waals surface area (Å²) >= 11 is 7.41. The first-order valence-electron chi connectivity index (χ1n) is 7.14. The standard InChI is InChI=1S/C17H14ClN3O2S/c1-3-16(22)21-14(7-8-19-21)17-11(2)20-15(24-17)10-23-13-6-4-5-12(18)9-13/h3-9H,1,10H2,2H3. The molecule has 3 aromatic rings. The van der Waals surface area contributed by atoms with Crippen LogP contribution in [0.2, 0.25) is 5.02 Å². The van der Waals surface area contributed by atoms with Crippen molar-refractivity contribution in [3.8, 4) is 16.3 Å². The molecule has 0 atom stereocenters. The zero-order valence-electron chi connectivity index (χ0n) is 12.9. The Hall–Kier alpha value is -2.44. The Bertz CT molecular complexity index is 901. The topological polar surface area (TPSA) is 57.0 Å². The Labute approximate surface area is 148 Å². The lowest BCUT2D eigenvalue weighted by Crippen LogP contribution is -2.09. The predicted molar refractivity (Wildman–Crippen MR) is 94.7 cm³/mol. The molecule has 0 aliphatic heterocycles. The van der Waals surface area contributed by atoms with E-state index in [1.54, 1.807) is 24.4 Å². The zero-order chi connectivity index (χ0) is 17.1. The molecule has 3 rings (SSSR count). The maximum atomic E-state index is 11.9. The van der Waals surface area contributed by atoms with Gasteiger partial charge in [0.25, 0.3) is 5.91 Å². The predicted octanol–water partition coefficient (Wildman–Crippen LogP) is 4.37. The van der Waals surface area contributed by atoms with Crippen molar-refractivity contribution in [1.29, 1.82) is 0 Å². The fourth-order valence-electron chi connectivity index (χ4n) is 2.19. The second kappa shape index (κ2) is 6.98. The van der Waals surface area contributed by atoms with Crippen LogP contribution in [0.15, 0.2) is 49.2 Å². The number of thiazole rings is 1. The number of halogens is 1. The summed E-state index contributed by atoms with van der Waals surface area (Å²) in [5.41, 5.74) is 1.52. The molecule has 0 N–H and O–H groups in total. The third-order valence-corrected chi connectivity index (χ3v) is 4.65. The smallest absolute Gasteiger partial charge is 0.270 e. The van der Waals surface area contributed by atoms with Gasteiger partial charge in [0, 0.05) is 5.02 Å². The van der Waals surface area contributed by atoms with Gasteiger partial charge in [-0.3, -0.25) is 4.79 Å². The minimum atomic E-state index is -0.278. The molecule has 0 radical (unpaired) electrons. The Balaban J connectivity index is 1.82. The summed E-state index contributed by atoms with van der Waals surface area (Å²) in [7, 11) is 0. The van der Waals surface area contributed by atoms with Crippen molar-refractivity contribution in [1.82, 2.24) is 14.8 Å². The third-order valence-electron chi connectivity index (χ3n) is 3.26. The van der Waals surface area contributed by atoms with Gasteiger partial charge in [-0.2, -0.15) is 9.78 Å². The molecule has 0 saturated heterocycles. The highest BCUT2D eigenvalue weighted by Gasteiger charge is 2.16. The van der Waals surface area contributed by atoms with Crippen molar-refractivity contribution in [2.75, 3.05) is 0 Å². The number of aromatic nitrogens is 3. The summed E-state index contributed by atoms with van der Waals surface area (Å²) in [6, 6.07) is 8.99. The van der Waals surface area contributed by atoms with Crippen molar-refractivity contribution in [3.63, 3.8) is 0 Å². The number of benzene rings is 1. The monoisotopic (exact) mass is 359 g/mol. The van der Waals surface area contributed by atoms with Crippen molar-refractivity contribution >= 4 is 28.8 Å². The van der Waals surface area contributed by atoms with E-state index in [0.29, 0.717) is 23.1 Å². The Morgan fingerprint density at radius 1 is 1.46 bits per heavy atom. The van der Waals surface area contributed by atoms with Gasteiger partial charge < -0.3 is 4.74 Å². The number of ether oxygens (including phenoxy) is 1. The first kappa shape index (κ1) is 16.4. The number of aryl methyl sites for hydroxylation is 1. The summed E-state index contributed by atoms with van der Waals surface area (Å²) in [6.07, 6.45) is 2.81. The van der Waals surface area contributed by atoms with Gasteiger partial charge in [-0.05, 0) is 37.3 Å². The van der Waals surface area contributed by atoms with E-state index in [9.17, 15) is 4.79 Å². The van der Waals surface area contributed by atoms with E-state index in [-0.39, 0.29) is 5.91 Å². The minimum Gasteiger partial charge on any atom is -0.486 e. The number of carbonyl (C=O) groups excluding carboxylic acids is 1. The van der Waals surface area contributed by atoms with Gasteiger partial charge in [-0.25, -0.2) is 4.98 Å². The third kappa shape index (κ3) is 3.39. The highest BCUT2D eigenvalue weighted by Crippen LogP contribution is 2.30. The summed E-state index contributed by atoms with van der Waals surface area (Å²) in [5, 5.41) is 5.47. The lowest BCUT2D eigenvalue weighted by Gasteiger charge is -2.03. The number of hydrogen-bond acceptors (Lipinski definition) is 5. The van der Waals surface area contributed by atoms with Crippen LogP contribution in [0.1, 0.15) is 15.5 Å². The first-order chi connectivity index (χ1) is 11.6. The second-order valence-electron chi connectivity index (χ2n) is 4.94. The molecule has 0 fully saturated rings. The van der Waals surface area contributed by atoms with Crippen molar-refractivity contribution < 1.29 is 9.53 Å².